The molecule has 2 aromatic heterocycles. The number of carbonyl (C=O) groups excluding carboxylic acids is 1. The Morgan fingerprint density at radius 3 is 2.00 bits per heavy atom. The lowest BCUT2D eigenvalue weighted by Gasteiger charge is -2.20. The van der Waals surface area contributed by atoms with Crippen LogP contribution in [0.2, 0.25) is 0 Å². The van der Waals surface area contributed by atoms with Crippen LogP contribution in [0.4, 0.5) is 4.79 Å². The van der Waals surface area contributed by atoms with Gasteiger partial charge in [0.1, 0.15) is 0 Å². The Balaban J connectivity index is 1.49. The number of pyridine rings is 1. The van der Waals surface area contributed by atoms with Gasteiger partial charge in [-0.05, 0) is 23.3 Å². The molecular weight excluding hydrogens is 374 g/mol. The van der Waals surface area contributed by atoms with Gasteiger partial charge in [0.2, 0.25) is 0 Å². The van der Waals surface area contributed by atoms with E-state index >= 15 is 0 Å². The SMILES string of the molecule is O=C(NCc1nccnc1-c1ccncc1)NC(c1ccccc1)c1ccccc1. The van der Waals surface area contributed by atoms with Gasteiger partial charge in [0.15, 0.2) is 0 Å². The number of rotatable bonds is 6. The Labute approximate surface area is 175 Å². The maximum absolute atomic E-state index is 12.7. The fraction of sp³-hybridized carbons (Fsp3) is 0.0833. The van der Waals surface area contributed by atoms with Gasteiger partial charge in [0, 0.05) is 30.4 Å². The zero-order valence-electron chi connectivity index (χ0n) is 16.3. The second-order valence-electron chi connectivity index (χ2n) is 6.67. The van der Waals surface area contributed by atoms with Crippen molar-refractivity contribution in [3.63, 3.8) is 0 Å². The minimum atomic E-state index is -0.279. The highest BCUT2D eigenvalue weighted by Crippen LogP contribution is 2.22. The molecule has 2 heterocycles. The van der Waals surface area contributed by atoms with E-state index in [9.17, 15) is 4.79 Å². The largest absolute Gasteiger partial charge is 0.332 e. The van der Waals surface area contributed by atoms with Crippen LogP contribution in [0.1, 0.15) is 22.9 Å². The van der Waals surface area contributed by atoms with Crippen LogP contribution in [0.25, 0.3) is 11.3 Å². The lowest BCUT2D eigenvalue weighted by atomic mass is 9.99. The normalized spacial score (nSPS) is 10.6. The smallest absolute Gasteiger partial charge is 0.315 e. The molecule has 2 N–H and O–H groups in total. The Morgan fingerprint density at radius 1 is 0.767 bits per heavy atom. The Bertz CT molecular complexity index is 1050. The summed E-state index contributed by atoms with van der Waals surface area (Å²) in [5.74, 6) is 0. The molecule has 148 valence electrons. The summed E-state index contributed by atoms with van der Waals surface area (Å²) in [6.07, 6.45) is 6.67. The lowest BCUT2D eigenvalue weighted by Crippen LogP contribution is -2.38. The van der Waals surface area contributed by atoms with E-state index in [-0.39, 0.29) is 18.6 Å². The van der Waals surface area contributed by atoms with E-state index in [2.05, 4.69) is 25.6 Å². The molecule has 30 heavy (non-hydrogen) atoms. The van der Waals surface area contributed by atoms with Gasteiger partial charge in [-0.15, -0.1) is 0 Å². The van der Waals surface area contributed by atoms with Crippen molar-refractivity contribution >= 4 is 6.03 Å². The van der Waals surface area contributed by atoms with Crippen molar-refractivity contribution in [1.29, 1.82) is 0 Å². The number of amides is 2. The third-order valence-electron chi connectivity index (χ3n) is 4.69. The van der Waals surface area contributed by atoms with Gasteiger partial charge in [0.05, 0.1) is 24.0 Å². The molecule has 0 spiro atoms. The molecule has 4 rings (SSSR count). The highest BCUT2D eigenvalue weighted by atomic mass is 16.2. The number of aromatic nitrogens is 3. The number of carbonyl (C=O) groups is 1. The Kier molecular flexibility index (Phi) is 6.05. The summed E-state index contributed by atoms with van der Waals surface area (Å²) in [6, 6.07) is 23.0. The van der Waals surface area contributed by atoms with Crippen molar-refractivity contribution in [2.45, 2.75) is 12.6 Å². The first-order chi connectivity index (χ1) is 14.8. The summed E-state index contributed by atoms with van der Waals surface area (Å²) in [5, 5.41) is 5.98. The molecule has 2 amide bonds. The molecule has 0 aliphatic carbocycles. The van der Waals surface area contributed by atoms with Gasteiger partial charge < -0.3 is 10.6 Å². The van der Waals surface area contributed by atoms with E-state index in [1.54, 1.807) is 24.8 Å². The van der Waals surface area contributed by atoms with E-state index in [1.165, 1.54) is 0 Å². The van der Waals surface area contributed by atoms with Crippen molar-refractivity contribution in [2.24, 2.45) is 0 Å². The van der Waals surface area contributed by atoms with Crippen LogP contribution in [-0.4, -0.2) is 21.0 Å². The van der Waals surface area contributed by atoms with Crippen molar-refractivity contribution in [3.8, 4) is 11.3 Å². The van der Waals surface area contributed by atoms with E-state index < -0.39 is 0 Å². The van der Waals surface area contributed by atoms with Gasteiger partial charge >= 0.3 is 6.03 Å². The van der Waals surface area contributed by atoms with Gasteiger partial charge in [-0.25, -0.2) is 4.79 Å². The zero-order valence-corrected chi connectivity index (χ0v) is 16.3. The number of nitrogens with zero attached hydrogens (tertiary/aromatic N) is 3. The number of hydrogen-bond acceptors (Lipinski definition) is 4. The highest BCUT2D eigenvalue weighted by molar-refractivity contribution is 5.75. The maximum atomic E-state index is 12.7. The van der Waals surface area contributed by atoms with Gasteiger partial charge in [-0.3, -0.25) is 15.0 Å². The third kappa shape index (κ3) is 4.67. The second-order valence-corrected chi connectivity index (χ2v) is 6.67. The lowest BCUT2D eigenvalue weighted by molar-refractivity contribution is 0.238. The monoisotopic (exact) mass is 395 g/mol. The average molecular weight is 395 g/mol. The average Bonchev–Trinajstić information content (AvgIpc) is 2.83. The summed E-state index contributed by atoms with van der Waals surface area (Å²) >= 11 is 0. The van der Waals surface area contributed by atoms with Crippen molar-refractivity contribution in [2.75, 3.05) is 0 Å². The van der Waals surface area contributed by atoms with Crippen LogP contribution < -0.4 is 10.6 Å². The summed E-state index contributed by atoms with van der Waals surface area (Å²) in [6.45, 7) is 0.258. The van der Waals surface area contributed by atoms with E-state index in [0.717, 1.165) is 22.4 Å². The summed E-state index contributed by atoms with van der Waals surface area (Å²) in [5.41, 5.74) is 4.34. The molecule has 0 fully saturated rings. The molecule has 2 aromatic carbocycles. The van der Waals surface area contributed by atoms with E-state index in [0.29, 0.717) is 5.69 Å². The molecule has 0 radical (unpaired) electrons. The third-order valence-corrected chi connectivity index (χ3v) is 4.69. The van der Waals surface area contributed by atoms with Crippen molar-refractivity contribution in [3.05, 3.63) is 114 Å². The predicted molar refractivity (Wildman–Crippen MR) is 115 cm³/mol. The van der Waals surface area contributed by atoms with Crippen LogP contribution >= 0.6 is 0 Å². The number of hydrogen-bond donors (Lipinski definition) is 2. The molecule has 0 bridgehead atoms. The molecule has 0 aliphatic rings. The molecule has 6 nitrogen and oxygen atoms in total. The highest BCUT2D eigenvalue weighted by Gasteiger charge is 2.17. The van der Waals surface area contributed by atoms with Crippen LogP contribution in [0.3, 0.4) is 0 Å². The fourth-order valence-electron chi connectivity index (χ4n) is 3.24. The molecule has 4 aromatic rings. The molecule has 0 unspecified atom stereocenters. The number of benzene rings is 2. The van der Waals surface area contributed by atoms with Crippen molar-refractivity contribution < 1.29 is 4.79 Å². The summed E-state index contributed by atoms with van der Waals surface area (Å²) in [7, 11) is 0. The van der Waals surface area contributed by atoms with Gasteiger partial charge in [-0.2, -0.15) is 0 Å². The summed E-state index contributed by atoms with van der Waals surface area (Å²) in [4.78, 5) is 25.6. The zero-order chi connectivity index (χ0) is 20.6. The Hall–Kier alpha value is -4.06. The predicted octanol–water partition coefficient (Wildman–Crippen LogP) is 4.13. The standard InChI is InChI=1S/C24H21N5O/c30-24(28-17-21-23(27-16-15-26-21)20-11-13-25-14-12-20)29-22(18-7-3-1-4-8-18)19-9-5-2-6-10-19/h1-16,22H,17H2,(H2,28,29,30). The second kappa shape index (κ2) is 9.43. The molecule has 0 saturated heterocycles. The number of urea groups is 1. The minimum Gasteiger partial charge on any atom is -0.332 e. The first kappa shape index (κ1) is 19.3. The van der Waals surface area contributed by atoms with Crippen LogP contribution in [0, 0.1) is 0 Å². The topological polar surface area (TPSA) is 79.8 Å². The van der Waals surface area contributed by atoms with Crippen LogP contribution in [-0.2, 0) is 6.54 Å². The summed E-state index contributed by atoms with van der Waals surface area (Å²) < 4.78 is 0. The molecule has 6 heteroatoms. The van der Waals surface area contributed by atoms with Crippen LogP contribution in [0.15, 0.2) is 97.6 Å². The van der Waals surface area contributed by atoms with E-state index in [1.807, 2.05) is 72.8 Å². The first-order valence-electron chi connectivity index (χ1n) is 9.66. The van der Waals surface area contributed by atoms with Crippen molar-refractivity contribution in [1.82, 2.24) is 25.6 Å². The molecule has 0 atom stereocenters. The fourth-order valence-corrected chi connectivity index (χ4v) is 3.24. The Morgan fingerprint density at radius 2 is 1.37 bits per heavy atom. The van der Waals surface area contributed by atoms with Gasteiger partial charge in [0.25, 0.3) is 0 Å². The minimum absolute atomic E-state index is 0.256. The van der Waals surface area contributed by atoms with Gasteiger partial charge in [-0.1, -0.05) is 60.7 Å². The van der Waals surface area contributed by atoms with E-state index in [4.69, 9.17) is 0 Å². The molecular formula is C24H21N5O. The quantitative estimate of drug-likeness (QED) is 0.514. The number of nitrogens with one attached hydrogen (secondary N) is 2. The molecule has 0 aliphatic heterocycles. The maximum Gasteiger partial charge on any atom is 0.315 e. The van der Waals surface area contributed by atoms with Crippen LogP contribution in [0.5, 0.6) is 0 Å². The first-order valence-corrected chi connectivity index (χ1v) is 9.66. The molecule has 0 saturated carbocycles.